The second-order valence-electron chi connectivity index (χ2n) is 7.68. The van der Waals surface area contributed by atoms with E-state index >= 15 is 0 Å². The molecule has 0 N–H and O–H groups in total. The summed E-state index contributed by atoms with van der Waals surface area (Å²) in [6, 6.07) is 8.56. The number of rotatable bonds is 6. The molecule has 2 aromatic carbocycles. The Bertz CT molecular complexity index is 1170. The Morgan fingerprint density at radius 1 is 1.07 bits per heavy atom. The SMILES string of the molecule is CC(C)C(=O)OCCCC(=O)OC1=CCc2c(ccc3c4c(ccc23)=CC=C4)=C1. The third kappa shape index (κ3) is 4.02. The lowest BCUT2D eigenvalue weighted by molar-refractivity contribution is -0.148. The average Bonchev–Trinajstić information content (AvgIpc) is 3.19. The largest absolute Gasteiger partial charge is 0.465 e. The summed E-state index contributed by atoms with van der Waals surface area (Å²) in [4.78, 5) is 23.5. The van der Waals surface area contributed by atoms with Crippen molar-refractivity contribution in [3.05, 3.63) is 63.7 Å². The number of hydrogen-bond donors (Lipinski definition) is 0. The van der Waals surface area contributed by atoms with Crippen LogP contribution in [0.15, 0.2) is 42.2 Å². The van der Waals surface area contributed by atoms with E-state index in [2.05, 4.69) is 42.5 Å². The molecule has 4 heteroatoms. The number of carbonyl (C=O) groups is 2. The smallest absolute Gasteiger partial charge is 0.311 e. The van der Waals surface area contributed by atoms with Gasteiger partial charge in [0.2, 0.25) is 0 Å². The maximum atomic E-state index is 12.1. The number of esters is 2. The van der Waals surface area contributed by atoms with E-state index in [4.69, 9.17) is 9.47 Å². The van der Waals surface area contributed by atoms with Gasteiger partial charge in [-0.05, 0) is 57.3 Å². The molecule has 4 nitrogen and oxygen atoms in total. The third-order valence-electron chi connectivity index (χ3n) is 5.24. The summed E-state index contributed by atoms with van der Waals surface area (Å²) in [5, 5.41) is 4.83. The number of hydrogen-bond acceptors (Lipinski definition) is 4. The Morgan fingerprint density at radius 3 is 2.69 bits per heavy atom. The first-order valence-corrected chi connectivity index (χ1v) is 10.0. The van der Waals surface area contributed by atoms with Gasteiger partial charge in [0.25, 0.3) is 0 Å². The van der Waals surface area contributed by atoms with Crippen molar-refractivity contribution < 1.29 is 19.1 Å². The zero-order valence-corrected chi connectivity index (χ0v) is 16.7. The van der Waals surface area contributed by atoms with Crippen LogP contribution in [0, 0.1) is 5.92 Å². The molecule has 29 heavy (non-hydrogen) atoms. The molecule has 0 saturated carbocycles. The van der Waals surface area contributed by atoms with E-state index in [1.807, 2.05) is 12.2 Å². The molecule has 0 amide bonds. The van der Waals surface area contributed by atoms with Crippen LogP contribution >= 0.6 is 0 Å². The summed E-state index contributed by atoms with van der Waals surface area (Å²) in [6.45, 7) is 3.80. The van der Waals surface area contributed by atoms with Crippen LogP contribution in [0.1, 0.15) is 37.8 Å². The van der Waals surface area contributed by atoms with E-state index in [0.717, 1.165) is 11.6 Å². The molecule has 0 spiro atoms. The van der Waals surface area contributed by atoms with Crippen molar-refractivity contribution in [3.8, 4) is 0 Å². The van der Waals surface area contributed by atoms with Crippen LogP contribution in [0.2, 0.25) is 0 Å². The fourth-order valence-electron chi connectivity index (χ4n) is 3.69. The van der Waals surface area contributed by atoms with Gasteiger partial charge in [0.1, 0.15) is 5.76 Å². The molecular weight excluding hydrogens is 364 g/mol. The van der Waals surface area contributed by atoms with E-state index in [-0.39, 0.29) is 30.9 Å². The van der Waals surface area contributed by atoms with E-state index in [9.17, 15) is 9.59 Å². The van der Waals surface area contributed by atoms with Crippen molar-refractivity contribution in [2.45, 2.75) is 33.1 Å². The van der Waals surface area contributed by atoms with Crippen molar-refractivity contribution in [2.75, 3.05) is 6.61 Å². The molecule has 2 aliphatic rings. The van der Waals surface area contributed by atoms with Gasteiger partial charge in [-0.3, -0.25) is 9.59 Å². The summed E-state index contributed by atoms with van der Waals surface area (Å²) < 4.78 is 10.6. The van der Waals surface area contributed by atoms with Crippen LogP contribution in [-0.2, 0) is 25.5 Å². The summed E-state index contributed by atoms with van der Waals surface area (Å²) >= 11 is 0. The second kappa shape index (κ2) is 8.08. The predicted octanol–water partition coefficient (Wildman–Crippen LogP) is 3.39. The first-order valence-electron chi connectivity index (χ1n) is 10.0. The van der Waals surface area contributed by atoms with Gasteiger partial charge in [0, 0.05) is 6.42 Å². The molecule has 0 bridgehead atoms. The predicted molar refractivity (Wildman–Crippen MR) is 114 cm³/mol. The van der Waals surface area contributed by atoms with Crippen LogP contribution in [0.4, 0.5) is 0 Å². The van der Waals surface area contributed by atoms with E-state index < -0.39 is 0 Å². The lowest BCUT2D eigenvalue weighted by atomic mass is 9.94. The van der Waals surface area contributed by atoms with Gasteiger partial charge in [0.05, 0.1) is 12.5 Å². The van der Waals surface area contributed by atoms with Crippen LogP contribution in [0.5, 0.6) is 0 Å². The van der Waals surface area contributed by atoms with Crippen molar-refractivity contribution in [3.63, 3.8) is 0 Å². The molecule has 0 aliphatic heterocycles. The molecule has 2 aromatic rings. The van der Waals surface area contributed by atoms with Crippen molar-refractivity contribution in [2.24, 2.45) is 5.92 Å². The molecule has 0 saturated heterocycles. The molecule has 4 rings (SSSR count). The Morgan fingerprint density at radius 2 is 1.86 bits per heavy atom. The first kappa shape index (κ1) is 19.2. The van der Waals surface area contributed by atoms with Crippen LogP contribution in [0.25, 0.3) is 29.0 Å². The van der Waals surface area contributed by atoms with Crippen LogP contribution in [0.3, 0.4) is 0 Å². The minimum Gasteiger partial charge on any atom is -0.465 e. The number of allylic oxidation sites excluding steroid dienone is 3. The third-order valence-corrected chi connectivity index (χ3v) is 5.24. The van der Waals surface area contributed by atoms with Gasteiger partial charge in [-0.2, -0.15) is 0 Å². The van der Waals surface area contributed by atoms with Crippen LogP contribution in [-0.4, -0.2) is 18.5 Å². The number of carbonyl (C=O) groups excluding carboxylic acids is 2. The summed E-state index contributed by atoms with van der Waals surface area (Å²) in [5.74, 6) is -0.133. The van der Waals surface area contributed by atoms with Crippen LogP contribution < -0.4 is 10.4 Å². The highest BCUT2D eigenvalue weighted by Gasteiger charge is 2.14. The lowest BCUT2D eigenvalue weighted by Crippen LogP contribution is -2.17. The van der Waals surface area contributed by atoms with E-state index in [1.165, 1.54) is 27.1 Å². The summed E-state index contributed by atoms with van der Waals surface area (Å²) in [7, 11) is 0. The average molecular weight is 388 g/mol. The minimum atomic E-state index is -0.309. The van der Waals surface area contributed by atoms with E-state index in [0.29, 0.717) is 12.2 Å². The number of fused-ring (bicyclic) bond motifs is 5. The van der Waals surface area contributed by atoms with Crippen molar-refractivity contribution in [1.29, 1.82) is 0 Å². The summed E-state index contributed by atoms with van der Waals surface area (Å²) in [6.07, 6.45) is 11.6. The Hall–Kier alpha value is -3.14. The first-order chi connectivity index (χ1) is 14.0. The van der Waals surface area contributed by atoms with Gasteiger partial charge < -0.3 is 9.47 Å². The van der Waals surface area contributed by atoms with Gasteiger partial charge >= 0.3 is 11.9 Å². The molecule has 0 radical (unpaired) electrons. The standard InChI is InChI=1S/C25H24O4/c1-16(2)25(27)28-14-4-7-24(26)29-19-10-13-21-18(15-19)9-12-22-20-6-3-5-17(20)8-11-23(21)22/h3,5-6,8-12,15-16H,4,7,13-14H2,1-2H3. The quantitative estimate of drug-likeness (QED) is 0.562. The normalized spacial score (nSPS) is 14.0. The maximum Gasteiger partial charge on any atom is 0.311 e. The fourth-order valence-corrected chi connectivity index (χ4v) is 3.69. The number of benzene rings is 2. The van der Waals surface area contributed by atoms with Gasteiger partial charge in [-0.25, -0.2) is 0 Å². The molecule has 148 valence electrons. The molecule has 0 fully saturated rings. The number of ether oxygens (including phenoxy) is 2. The molecule has 0 atom stereocenters. The highest BCUT2D eigenvalue weighted by atomic mass is 16.5. The van der Waals surface area contributed by atoms with Gasteiger partial charge in [-0.1, -0.05) is 56.3 Å². The van der Waals surface area contributed by atoms with Crippen molar-refractivity contribution in [1.82, 2.24) is 0 Å². The van der Waals surface area contributed by atoms with Gasteiger partial charge in [0.15, 0.2) is 0 Å². The molecule has 0 aromatic heterocycles. The van der Waals surface area contributed by atoms with Crippen molar-refractivity contribution >= 4 is 40.9 Å². The highest BCUT2D eigenvalue weighted by molar-refractivity contribution is 5.96. The zero-order chi connectivity index (χ0) is 20.4. The summed E-state index contributed by atoms with van der Waals surface area (Å²) in [5.41, 5.74) is 2.52. The topological polar surface area (TPSA) is 52.6 Å². The molecule has 0 unspecified atom stereocenters. The molecular formula is C25H24O4. The molecule has 2 aliphatic carbocycles. The van der Waals surface area contributed by atoms with Gasteiger partial charge in [-0.15, -0.1) is 0 Å². The highest BCUT2D eigenvalue weighted by Crippen LogP contribution is 2.23. The Kier molecular flexibility index (Phi) is 5.34. The zero-order valence-electron chi connectivity index (χ0n) is 16.7. The fraction of sp³-hybridized carbons (Fsp3) is 0.280. The van der Waals surface area contributed by atoms with E-state index in [1.54, 1.807) is 13.8 Å². The monoisotopic (exact) mass is 388 g/mol. The molecule has 0 heterocycles. The Labute approximate surface area is 169 Å². The second-order valence-corrected chi connectivity index (χ2v) is 7.68. The maximum absolute atomic E-state index is 12.1. The Balaban J connectivity index is 1.42. The lowest BCUT2D eigenvalue weighted by Gasteiger charge is -2.14. The minimum absolute atomic E-state index is 0.157.